The molecular formula is C27H21N5O7. The first-order valence-electron chi connectivity index (χ1n) is 11.9. The molecule has 5 rings (SSSR count). The molecular weight excluding hydrogens is 506 g/mol. The normalized spacial score (nSPS) is 11.7. The van der Waals surface area contributed by atoms with E-state index in [1.807, 2.05) is 0 Å². The van der Waals surface area contributed by atoms with Crippen LogP contribution in [0.5, 0.6) is 0 Å². The van der Waals surface area contributed by atoms with Gasteiger partial charge in [0.15, 0.2) is 5.49 Å². The van der Waals surface area contributed by atoms with Crippen LogP contribution < -0.4 is 11.0 Å². The number of aromatic nitrogens is 3. The van der Waals surface area contributed by atoms with Crippen LogP contribution in [0.25, 0.3) is 16.7 Å². The summed E-state index contributed by atoms with van der Waals surface area (Å²) in [5.41, 5.74) is 0.175. The molecule has 4 heterocycles. The Morgan fingerprint density at radius 2 is 1.95 bits per heavy atom. The number of pyridine rings is 2. The summed E-state index contributed by atoms with van der Waals surface area (Å²) in [7, 11) is 0. The van der Waals surface area contributed by atoms with Crippen molar-refractivity contribution in [1.29, 1.82) is 0 Å². The lowest BCUT2D eigenvalue weighted by atomic mass is 10.1. The monoisotopic (exact) mass is 527 g/mol. The van der Waals surface area contributed by atoms with Gasteiger partial charge in [-0.25, -0.2) is 9.78 Å². The third-order valence-corrected chi connectivity index (χ3v) is 6.01. The number of non-ortho nitro benzene ring substituents is 1. The number of fused-ring (bicyclic) bond motifs is 2. The number of carbonyl (C=O) groups excluding carboxylic acids is 2. The zero-order chi connectivity index (χ0) is 27.7. The van der Waals surface area contributed by atoms with Gasteiger partial charge < -0.3 is 13.7 Å². The fourth-order valence-electron chi connectivity index (χ4n) is 4.19. The molecule has 1 aromatic carbocycles. The van der Waals surface area contributed by atoms with Gasteiger partial charge in [-0.3, -0.25) is 24.1 Å². The molecule has 5 aromatic rings. The van der Waals surface area contributed by atoms with E-state index in [4.69, 9.17) is 14.1 Å². The van der Waals surface area contributed by atoms with E-state index in [0.29, 0.717) is 11.4 Å². The first-order valence-corrected chi connectivity index (χ1v) is 11.9. The van der Waals surface area contributed by atoms with Gasteiger partial charge in [0.05, 0.1) is 29.7 Å². The molecule has 0 radical (unpaired) electrons. The molecule has 1 amide bonds. The summed E-state index contributed by atoms with van der Waals surface area (Å²) < 4.78 is 13.5. The van der Waals surface area contributed by atoms with Crippen LogP contribution in [0, 0.1) is 17.0 Å². The fraction of sp³-hybridized carbons (Fsp3) is 0.148. The Hall–Kier alpha value is -5.39. The maximum atomic E-state index is 13.6. The van der Waals surface area contributed by atoms with Gasteiger partial charge in [-0.05, 0) is 49.7 Å². The van der Waals surface area contributed by atoms with Gasteiger partial charge in [0.1, 0.15) is 22.6 Å². The largest absolute Gasteiger partial charge is 0.467 e. The van der Waals surface area contributed by atoms with Crippen LogP contribution in [0.1, 0.15) is 39.0 Å². The van der Waals surface area contributed by atoms with Gasteiger partial charge in [0.2, 0.25) is 0 Å². The van der Waals surface area contributed by atoms with Gasteiger partial charge >= 0.3 is 5.97 Å². The highest BCUT2D eigenvalue weighted by molar-refractivity contribution is 5.97. The van der Waals surface area contributed by atoms with Crippen molar-refractivity contribution in [3.8, 4) is 0 Å². The summed E-state index contributed by atoms with van der Waals surface area (Å²) in [6.07, 6.45) is 3.03. The van der Waals surface area contributed by atoms with Crippen molar-refractivity contribution in [1.82, 2.24) is 14.0 Å². The molecule has 0 atom stereocenters. The SMILES string of the molecule is CCOC(=O)c1cc2c(=O)n3cccc(C)c3nc2n(Cc2ccco2)c1=NC(=O)c1cccc([N+](=O)[O-])c1. The van der Waals surface area contributed by atoms with Gasteiger partial charge in [0.25, 0.3) is 17.2 Å². The van der Waals surface area contributed by atoms with Crippen LogP contribution in [-0.2, 0) is 11.3 Å². The number of benzene rings is 1. The zero-order valence-corrected chi connectivity index (χ0v) is 20.9. The lowest BCUT2D eigenvalue weighted by Gasteiger charge is -2.15. The molecule has 12 heteroatoms. The minimum atomic E-state index is -0.842. The van der Waals surface area contributed by atoms with Crippen molar-refractivity contribution >= 4 is 34.2 Å². The number of nitrogens with zero attached hydrogens (tertiary/aromatic N) is 5. The number of nitro benzene ring substituents is 1. The van der Waals surface area contributed by atoms with Crippen molar-refractivity contribution in [3.05, 3.63) is 115 Å². The maximum Gasteiger partial charge on any atom is 0.341 e. The van der Waals surface area contributed by atoms with Crippen LogP contribution in [0.3, 0.4) is 0 Å². The summed E-state index contributed by atoms with van der Waals surface area (Å²) >= 11 is 0. The van der Waals surface area contributed by atoms with Crippen molar-refractivity contribution in [2.75, 3.05) is 6.61 Å². The van der Waals surface area contributed by atoms with Crippen molar-refractivity contribution in [2.24, 2.45) is 4.99 Å². The number of hydrogen-bond donors (Lipinski definition) is 0. The van der Waals surface area contributed by atoms with Gasteiger partial charge in [0, 0.05) is 23.9 Å². The van der Waals surface area contributed by atoms with E-state index < -0.39 is 22.4 Å². The van der Waals surface area contributed by atoms with Crippen molar-refractivity contribution < 1.29 is 23.7 Å². The molecule has 0 saturated carbocycles. The lowest BCUT2D eigenvalue weighted by Crippen LogP contribution is -2.33. The number of esters is 1. The standard InChI is InChI=1S/C27H21N5O7/c1-3-38-27(35)21-14-20-23(28-22-16(2)7-5-11-30(22)26(20)34)31(15-19-10-6-12-39-19)24(21)29-25(33)17-8-4-9-18(13-17)32(36)37/h4-14H,3,15H2,1-2H3. The molecule has 39 heavy (non-hydrogen) atoms. The second-order valence-corrected chi connectivity index (χ2v) is 8.53. The molecule has 0 aliphatic carbocycles. The molecule has 0 saturated heterocycles. The van der Waals surface area contributed by atoms with E-state index in [2.05, 4.69) is 4.99 Å². The molecule has 196 valence electrons. The number of ether oxygens (including phenoxy) is 1. The minimum absolute atomic E-state index is 0.0292. The molecule has 12 nitrogen and oxygen atoms in total. The Morgan fingerprint density at radius 3 is 2.67 bits per heavy atom. The molecule has 0 aliphatic rings. The number of furan rings is 1. The van der Waals surface area contributed by atoms with E-state index in [1.54, 1.807) is 44.3 Å². The van der Waals surface area contributed by atoms with Crippen molar-refractivity contribution in [3.63, 3.8) is 0 Å². The molecule has 0 N–H and O–H groups in total. The summed E-state index contributed by atoms with van der Waals surface area (Å²) in [5.74, 6) is -1.22. The average molecular weight is 527 g/mol. The maximum absolute atomic E-state index is 13.6. The van der Waals surface area contributed by atoms with E-state index in [1.165, 1.54) is 39.5 Å². The highest BCUT2D eigenvalue weighted by Gasteiger charge is 2.22. The molecule has 0 fully saturated rings. The van der Waals surface area contributed by atoms with Crippen LogP contribution in [0.15, 0.2) is 81.3 Å². The Balaban J connectivity index is 1.89. The third-order valence-electron chi connectivity index (χ3n) is 6.01. The van der Waals surface area contributed by atoms with Crippen LogP contribution in [0.4, 0.5) is 5.69 Å². The van der Waals surface area contributed by atoms with Gasteiger partial charge in [-0.1, -0.05) is 12.1 Å². The topological polar surface area (TPSA) is 151 Å². The quantitative estimate of drug-likeness (QED) is 0.141. The number of aryl methyl sites for hydroxylation is 1. The smallest absolute Gasteiger partial charge is 0.341 e. The van der Waals surface area contributed by atoms with E-state index >= 15 is 0 Å². The van der Waals surface area contributed by atoms with Crippen LogP contribution in [0.2, 0.25) is 0 Å². The molecule has 0 spiro atoms. The molecule has 0 aliphatic heterocycles. The number of carbonyl (C=O) groups is 2. The number of rotatable bonds is 6. The highest BCUT2D eigenvalue weighted by Crippen LogP contribution is 2.17. The third kappa shape index (κ3) is 4.70. The second-order valence-electron chi connectivity index (χ2n) is 8.53. The Labute approximate surface area is 219 Å². The zero-order valence-electron chi connectivity index (χ0n) is 20.9. The Bertz CT molecular complexity index is 1900. The lowest BCUT2D eigenvalue weighted by molar-refractivity contribution is -0.384. The summed E-state index contributed by atoms with van der Waals surface area (Å²) in [5, 5.41) is 11.3. The van der Waals surface area contributed by atoms with E-state index in [-0.39, 0.29) is 46.5 Å². The summed E-state index contributed by atoms with van der Waals surface area (Å²) in [6.45, 7) is 3.41. The van der Waals surface area contributed by atoms with Gasteiger partial charge in [-0.15, -0.1) is 0 Å². The van der Waals surface area contributed by atoms with Crippen LogP contribution in [-0.4, -0.2) is 37.4 Å². The molecule has 0 unspecified atom stereocenters. The Morgan fingerprint density at radius 1 is 1.13 bits per heavy atom. The minimum Gasteiger partial charge on any atom is -0.467 e. The second kappa shape index (κ2) is 10.2. The summed E-state index contributed by atoms with van der Waals surface area (Å²) in [4.78, 5) is 59.5. The van der Waals surface area contributed by atoms with Crippen LogP contribution >= 0.6 is 0 Å². The molecule has 0 bridgehead atoms. The first-order chi connectivity index (χ1) is 18.8. The number of amides is 1. The fourth-order valence-corrected chi connectivity index (χ4v) is 4.19. The number of nitro groups is 1. The van der Waals surface area contributed by atoms with E-state index in [9.17, 15) is 24.5 Å². The predicted octanol–water partition coefficient (Wildman–Crippen LogP) is 3.42. The summed E-state index contributed by atoms with van der Waals surface area (Å²) in [6, 6.07) is 13.2. The first kappa shape index (κ1) is 25.3. The number of hydrogen-bond acceptors (Lipinski definition) is 8. The van der Waals surface area contributed by atoms with Gasteiger partial charge in [-0.2, -0.15) is 4.99 Å². The highest BCUT2D eigenvalue weighted by atomic mass is 16.6. The van der Waals surface area contributed by atoms with E-state index in [0.717, 1.165) is 11.6 Å². The predicted molar refractivity (Wildman–Crippen MR) is 138 cm³/mol. The average Bonchev–Trinajstić information content (AvgIpc) is 3.44. The Kier molecular flexibility index (Phi) is 6.59. The molecule has 4 aromatic heterocycles. The van der Waals surface area contributed by atoms with Crippen molar-refractivity contribution in [2.45, 2.75) is 20.4 Å².